The number of aliphatic imine (C=N–C) groups is 1. The molecule has 5 heteroatoms. The molecule has 1 aliphatic carbocycles. The highest BCUT2D eigenvalue weighted by Gasteiger charge is 2.39. The highest BCUT2D eigenvalue weighted by Crippen LogP contribution is 2.44. The van der Waals surface area contributed by atoms with E-state index in [2.05, 4.69) is 9.98 Å². The van der Waals surface area contributed by atoms with E-state index in [1.165, 1.54) is 0 Å². The number of imidazole rings is 1. The Morgan fingerprint density at radius 1 is 1.40 bits per heavy atom. The fourth-order valence-electron chi connectivity index (χ4n) is 2.77. The molecule has 20 heavy (non-hydrogen) atoms. The van der Waals surface area contributed by atoms with Crippen LogP contribution in [0.25, 0.3) is 5.69 Å². The van der Waals surface area contributed by atoms with Crippen LogP contribution in [0.1, 0.15) is 30.5 Å². The second kappa shape index (κ2) is 4.62. The van der Waals surface area contributed by atoms with Crippen molar-refractivity contribution in [3.63, 3.8) is 0 Å². The van der Waals surface area contributed by atoms with E-state index in [1.54, 1.807) is 16.8 Å². The lowest BCUT2D eigenvalue weighted by Crippen LogP contribution is -2.32. The van der Waals surface area contributed by atoms with Gasteiger partial charge in [-0.15, -0.1) is 0 Å². The molecule has 2 aromatic rings. The molecule has 0 spiro atoms. The molecule has 1 aromatic heterocycles. The number of nitrogens with one attached hydrogen (secondary N) is 1. The van der Waals surface area contributed by atoms with Gasteiger partial charge in [0.15, 0.2) is 0 Å². The molecule has 102 valence electrons. The second-order valence-corrected chi connectivity index (χ2v) is 5.21. The number of benzene rings is 1. The molecule has 1 aromatic carbocycles. The third-order valence-electron chi connectivity index (χ3n) is 4.04. The topological polar surface area (TPSA) is 67.2 Å². The van der Waals surface area contributed by atoms with E-state index in [1.807, 2.05) is 31.2 Å². The van der Waals surface area contributed by atoms with Crippen LogP contribution in [0.3, 0.4) is 0 Å². The Morgan fingerprint density at radius 2 is 2.20 bits per heavy atom. The van der Waals surface area contributed by atoms with Gasteiger partial charge in [-0.3, -0.25) is 4.57 Å². The Morgan fingerprint density at radius 3 is 2.75 bits per heavy atom. The maximum absolute atomic E-state index is 11.8. The zero-order valence-corrected chi connectivity index (χ0v) is 11.2. The number of nitrogens with zero attached hydrogens (tertiary/aromatic N) is 2. The van der Waals surface area contributed by atoms with Crippen molar-refractivity contribution < 1.29 is 4.79 Å². The molecule has 0 unspecified atom stereocenters. The molecule has 1 heterocycles. The maximum atomic E-state index is 11.8. The average Bonchev–Trinajstić information content (AvgIpc) is 2.73. The van der Waals surface area contributed by atoms with Gasteiger partial charge in [0.25, 0.3) is 0 Å². The van der Waals surface area contributed by atoms with Gasteiger partial charge in [-0.05, 0) is 43.9 Å². The van der Waals surface area contributed by atoms with Gasteiger partial charge in [-0.1, -0.05) is 12.1 Å². The highest BCUT2D eigenvalue weighted by molar-refractivity contribution is 5.44. The molecule has 3 rings (SSSR count). The number of H-pyrrole nitrogens is 1. The Hall–Kier alpha value is -2.39. The Kier molecular flexibility index (Phi) is 2.92. The Balaban J connectivity index is 2.11. The van der Waals surface area contributed by atoms with E-state index in [9.17, 15) is 9.59 Å². The number of rotatable bonds is 3. The summed E-state index contributed by atoms with van der Waals surface area (Å²) >= 11 is 0. The van der Waals surface area contributed by atoms with Gasteiger partial charge in [0.05, 0.1) is 11.2 Å². The summed E-state index contributed by atoms with van der Waals surface area (Å²) in [5, 5.41) is 0. The summed E-state index contributed by atoms with van der Waals surface area (Å²) in [4.78, 5) is 29.2. The van der Waals surface area contributed by atoms with Crippen molar-refractivity contribution in [2.75, 3.05) is 0 Å². The van der Waals surface area contributed by atoms with Gasteiger partial charge in [-0.2, -0.15) is 4.99 Å². The number of aryl methyl sites for hydroxylation is 1. The first-order valence-electron chi connectivity index (χ1n) is 6.63. The third-order valence-corrected chi connectivity index (χ3v) is 4.04. The smallest absolute Gasteiger partial charge is 0.312 e. The van der Waals surface area contributed by atoms with Gasteiger partial charge < -0.3 is 4.98 Å². The Labute approximate surface area is 116 Å². The molecule has 0 saturated heterocycles. The van der Waals surface area contributed by atoms with Crippen LogP contribution in [0.15, 0.2) is 40.2 Å². The van der Waals surface area contributed by atoms with Crippen molar-refractivity contribution in [2.24, 2.45) is 4.99 Å². The van der Waals surface area contributed by atoms with E-state index in [-0.39, 0.29) is 5.69 Å². The van der Waals surface area contributed by atoms with Crippen LogP contribution in [0.4, 0.5) is 0 Å². The van der Waals surface area contributed by atoms with Crippen molar-refractivity contribution >= 4 is 6.08 Å². The lowest BCUT2D eigenvalue weighted by Gasteiger charge is -2.37. The molecule has 1 N–H and O–H groups in total. The molecule has 0 aliphatic heterocycles. The summed E-state index contributed by atoms with van der Waals surface area (Å²) in [6, 6.07) is 7.66. The first kappa shape index (κ1) is 12.6. The number of hydrogen-bond acceptors (Lipinski definition) is 3. The number of aromatic amines is 1. The van der Waals surface area contributed by atoms with E-state index in [0.29, 0.717) is 0 Å². The zero-order valence-electron chi connectivity index (χ0n) is 11.2. The van der Waals surface area contributed by atoms with E-state index < -0.39 is 5.54 Å². The van der Waals surface area contributed by atoms with Crippen LogP contribution in [0.2, 0.25) is 0 Å². The van der Waals surface area contributed by atoms with E-state index >= 15 is 0 Å². The van der Waals surface area contributed by atoms with Crippen LogP contribution >= 0.6 is 0 Å². The summed E-state index contributed by atoms with van der Waals surface area (Å²) in [5.74, 6) is 0. The molecule has 1 fully saturated rings. The van der Waals surface area contributed by atoms with Gasteiger partial charge in [-0.25, -0.2) is 9.59 Å². The highest BCUT2D eigenvalue weighted by atomic mass is 16.1. The number of carbonyl (C=O) groups excluding carboxylic acids is 1. The molecule has 1 saturated carbocycles. The fourth-order valence-corrected chi connectivity index (χ4v) is 2.77. The normalized spacial score (nSPS) is 16.2. The minimum absolute atomic E-state index is 0.166. The second-order valence-electron chi connectivity index (χ2n) is 5.21. The molecule has 0 radical (unpaired) electrons. The molecular weight excluding hydrogens is 254 g/mol. The quantitative estimate of drug-likeness (QED) is 0.685. The van der Waals surface area contributed by atoms with Gasteiger partial charge in [0.1, 0.15) is 0 Å². The van der Waals surface area contributed by atoms with Crippen molar-refractivity contribution in [1.82, 2.24) is 9.55 Å². The lowest BCUT2D eigenvalue weighted by atomic mass is 9.72. The van der Waals surface area contributed by atoms with E-state index in [4.69, 9.17) is 0 Å². The van der Waals surface area contributed by atoms with Crippen molar-refractivity contribution in [3.8, 4) is 5.69 Å². The summed E-state index contributed by atoms with van der Waals surface area (Å²) in [7, 11) is 0. The molecule has 0 amide bonds. The number of hydrogen-bond donors (Lipinski definition) is 1. The molecular formula is C15H15N3O2. The lowest BCUT2D eigenvalue weighted by molar-refractivity contribution is 0.256. The number of aromatic nitrogens is 2. The standard InChI is InChI=1S/C15H15N3O2/c1-11-9-16-14(20)18(11)13-5-2-4-12(8-13)15(17-10-19)6-3-7-15/h2,4-5,8-9H,3,6-7H2,1H3,(H,16,20). The van der Waals surface area contributed by atoms with E-state index in [0.717, 1.165) is 36.2 Å². The average molecular weight is 269 g/mol. The van der Waals surface area contributed by atoms with Crippen LogP contribution in [-0.4, -0.2) is 15.6 Å². The predicted molar refractivity (Wildman–Crippen MR) is 74.8 cm³/mol. The Bertz CT molecular complexity index is 746. The van der Waals surface area contributed by atoms with Crippen molar-refractivity contribution in [2.45, 2.75) is 31.7 Å². The van der Waals surface area contributed by atoms with Gasteiger partial charge in [0, 0.05) is 11.9 Å². The van der Waals surface area contributed by atoms with Crippen LogP contribution in [0, 0.1) is 6.92 Å². The molecule has 5 nitrogen and oxygen atoms in total. The molecule has 0 bridgehead atoms. The summed E-state index contributed by atoms with van der Waals surface area (Å²) < 4.78 is 1.61. The first-order chi connectivity index (χ1) is 9.66. The SMILES string of the molecule is Cc1c[nH]c(=O)n1-c1cccc(C2(N=C=O)CCC2)c1. The summed E-state index contributed by atoms with van der Waals surface area (Å²) in [5.41, 5.74) is 2.00. The third kappa shape index (κ3) is 1.84. The van der Waals surface area contributed by atoms with Crippen molar-refractivity contribution in [1.29, 1.82) is 0 Å². The first-order valence-corrected chi connectivity index (χ1v) is 6.63. The molecule has 0 atom stereocenters. The monoisotopic (exact) mass is 269 g/mol. The summed E-state index contributed by atoms with van der Waals surface area (Å²) in [6.07, 6.45) is 6.13. The predicted octanol–water partition coefficient (Wildman–Crippen LogP) is 2.19. The minimum Gasteiger partial charge on any atom is -0.312 e. The zero-order chi connectivity index (χ0) is 14.2. The largest absolute Gasteiger partial charge is 0.330 e. The van der Waals surface area contributed by atoms with Crippen LogP contribution < -0.4 is 5.69 Å². The summed E-state index contributed by atoms with van der Waals surface area (Å²) in [6.45, 7) is 1.87. The maximum Gasteiger partial charge on any atom is 0.330 e. The minimum atomic E-state index is -0.439. The van der Waals surface area contributed by atoms with Crippen LogP contribution in [-0.2, 0) is 10.3 Å². The van der Waals surface area contributed by atoms with Gasteiger partial charge >= 0.3 is 5.69 Å². The van der Waals surface area contributed by atoms with Gasteiger partial charge in [0.2, 0.25) is 6.08 Å². The van der Waals surface area contributed by atoms with Crippen LogP contribution in [0.5, 0.6) is 0 Å². The van der Waals surface area contributed by atoms with Crippen molar-refractivity contribution in [3.05, 3.63) is 52.2 Å². The fraction of sp³-hybridized carbons (Fsp3) is 0.333. The molecule has 1 aliphatic rings. The number of isocyanates is 1.